The summed E-state index contributed by atoms with van der Waals surface area (Å²) in [7, 11) is 0. The first kappa shape index (κ1) is 28.6. The highest BCUT2D eigenvalue weighted by Crippen LogP contribution is 2.46. The summed E-state index contributed by atoms with van der Waals surface area (Å²) in [5, 5.41) is 4.69. The molecule has 4 heterocycles. The van der Waals surface area contributed by atoms with Gasteiger partial charge in [-0.1, -0.05) is 109 Å². The third-order valence-electron chi connectivity index (χ3n) is 9.43. The van der Waals surface area contributed by atoms with Crippen LogP contribution in [0.4, 0.5) is 0 Å². The topological polar surface area (TPSA) is 51.8 Å². The smallest absolute Gasteiger partial charge is 0.164 e. The highest BCUT2D eigenvalue weighted by molar-refractivity contribution is 7.26. The van der Waals surface area contributed by atoms with E-state index in [4.69, 9.17) is 14.4 Å². The van der Waals surface area contributed by atoms with Crippen LogP contribution >= 0.6 is 11.3 Å². The number of nitrogens with zero attached hydrogens (tertiary/aromatic N) is 3. The molecular formula is C45H27N3OS. The Kier molecular flexibility index (Phi) is 6.64. The molecule has 0 bridgehead atoms. The van der Waals surface area contributed by atoms with Crippen LogP contribution in [0.3, 0.4) is 0 Å². The van der Waals surface area contributed by atoms with Crippen LogP contribution in [0.25, 0.3) is 98.3 Å². The zero-order chi connectivity index (χ0) is 33.0. The monoisotopic (exact) mass is 657 g/mol. The van der Waals surface area contributed by atoms with Gasteiger partial charge in [-0.05, 0) is 59.2 Å². The molecule has 0 aliphatic heterocycles. The maximum atomic E-state index is 6.76. The zero-order valence-electron chi connectivity index (χ0n) is 26.7. The summed E-state index contributed by atoms with van der Waals surface area (Å²) in [6.07, 6.45) is 3.64. The summed E-state index contributed by atoms with van der Waals surface area (Å²) in [5.74, 6) is 0.617. The minimum absolute atomic E-state index is 0.617. The van der Waals surface area contributed by atoms with Gasteiger partial charge in [0.2, 0.25) is 0 Å². The van der Waals surface area contributed by atoms with Gasteiger partial charge in [0, 0.05) is 60.0 Å². The number of para-hydroxylation sites is 1. The number of aromatic nitrogens is 3. The van der Waals surface area contributed by atoms with Crippen LogP contribution in [-0.4, -0.2) is 15.0 Å². The first-order valence-corrected chi connectivity index (χ1v) is 17.4. The van der Waals surface area contributed by atoms with E-state index < -0.39 is 0 Å². The van der Waals surface area contributed by atoms with E-state index >= 15 is 0 Å². The lowest BCUT2D eigenvalue weighted by Crippen LogP contribution is -1.97. The Morgan fingerprint density at radius 3 is 2.02 bits per heavy atom. The normalized spacial score (nSPS) is 11.6. The van der Waals surface area contributed by atoms with Crippen molar-refractivity contribution >= 4 is 53.4 Å². The number of thiophene rings is 1. The van der Waals surface area contributed by atoms with E-state index in [9.17, 15) is 0 Å². The van der Waals surface area contributed by atoms with Crippen LogP contribution in [0.1, 0.15) is 0 Å². The second kappa shape index (κ2) is 11.6. The molecule has 0 fully saturated rings. The lowest BCUT2D eigenvalue weighted by atomic mass is 9.95. The van der Waals surface area contributed by atoms with Crippen molar-refractivity contribution in [2.45, 2.75) is 0 Å². The SMILES string of the molecule is c1ccc(-c2cc(-c3cccc(-c4ccncc4)c3)nc(-c3ccc(-c4cccc5c4sc4ccccc45)c4c3oc3ccccc34)n2)cc1. The Balaban J connectivity index is 1.22. The summed E-state index contributed by atoms with van der Waals surface area (Å²) in [6.45, 7) is 0. The molecule has 0 saturated heterocycles. The van der Waals surface area contributed by atoms with E-state index in [1.807, 2.05) is 66.2 Å². The second-order valence-electron chi connectivity index (χ2n) is 12.4. The summed E-state index contributed by atoms with van der Waals surface area (Å²) in [4.78, 5) is 14.7. The number of fused-ring (bicyclic) bond motifs is 6. The Hall–Kier alpha value is -6.43. The number of rotatable bonds is 5. The molecule has 4 nitrogen and oxygen atoms in total. The van der Waals surface area contributed by atoms with Crippen molar-refractivity contribution in [1.29, 1.82) is 0 Å². The van der Waals surface area contributed by atoms with Crippen LogP contribution in [-0.2, 0) is 0 Å². The van der Waals surface area contributed by atoms with Gasteiger partial charge in [-0.15, -0.1) is 11.3 Å². The molecule has 5 heteroatoms. The van der Waals surface area contributed by atoms with E-state index in [0.29, 0.717) is 5.82 Å². The molecule has 4 aromatic heterocycles. The molecule has 0 saturated carbocycles. The Bertz CT molecular complexity index is 2870. The predicted molar refractivity (Wildman–Crippen MR) is 207 cm³/mol. The molecule has 234 valence electrons. The minimum atomic E-state index is 0.617. The number of hydrogen-bond acceptors (Lipinski definition) is 5. The third-order valence-corrected chi connectivity index (χ3v) is 10.6. The molecule has 0 amide bonds. The van der Waals surface area contributed by atoms with Crippen molar-refractivity contribution in [3.63, 3.8) is 0 Å². The zero-order valence-corrected chi connectivity index (χ0v) is 27.6. The number of benzene rings is 6. The molecule has 50 heavy (non-hydrogen) atoms. The van der Waals surface area contributed by atoms with E-state index in [0.717, 1.165) is 66.7 Å². The summed E-state index contributed by atoms with van der Waals surface area (Å²) in [6, 6.07) is 52.8. The quantitative estimate of drug-likeness (QED) is 0.185. The van der Waals surface area contributed by atoms with Crippen molar-refractivity contribution in [2.75, 3.05) is 0 Å². The summed E-state index contributed by atoms with van der Waals surface area (Å²) >= 11 is 1.84. The van der Waals surface area contributed by atoms with E-state index in [2.05, 4.69) is 114 Å². The molecule has 0 aliphatic carbocycles. The van der Waals surface area contributed by atoms with Crippen molar-refractivity contribution < 1.29 is 4.42 Å². The predicted octanol–water partition coefficient (Wildman–Crippen LogP) is 12.5. The minimum Gasteiger partial charge on any atom is -0.455 e. The Morgan fingerprint density at radius 2 is 1.14 bits per heavy atom. The molecule has 6 aromatic carbocycles. The Morgan fingerprint density at radius 1 is 0.460 bits per heavy atom. The number of hydrogen-bond donors (Lipinski definition) is 0. The van der Waals surface area contributed by atoms with Crippen molar-refractivity contribution in [1.82, 2.24) is 15.0 Å². The third kappa shape index (κ3) is 4.71. The van der Waals surface area contributed by atoms with Gasteiger partial charge in [0.15, 0.2) is 5.82 Å². The maximum Gasteiger partial charge on any atom is 0.164 e. The van der Waals surface area contributed by atoms with Gasteiger partial charge >= 0.3 is 0 Å². The van der Waals surface area contributed by atoms with Crippen molar-refractivity contribution in [3.05, 3.63) is 164 Å². The van der Waals surface area contributed by atoms with Crippen LogP contribution in [0, 0.1) is 0 Å². The van der Waals surface area contributed by atoms with Gasteiger partial charge in [-0.2, -0.15) is 0 Å². The van der Waals surface area contributed by atoms with E-state index in [1.165, 1.54) is 25.7 Å². The standard InChI is InChI=1S/C45H27N3OS/c1-2-10-29(11-3-1)38-27-39(31-13-8-12-30(26-31)28-22-24-46-25-23-28)48-45(47-38)37-21-20-33(42-36-15-4-6-18-40(36)49-43(37)42)35-17-9-16-34-32-14-5-7-19-41(32)50-44(34)35/h1-27H. The highest BCUT2D eigenvalue weighted by Gasteiger charge is 2.22. The fourth-order valence-electron chi connectivity index (χ4n) is 7.06. The van der Waals surface area contributed by atoms with Crippen molar-refractivity contribution in [3.8, 4) is 56.2 Å². The lowest BCUT2D eigenvalue weighted by Gasteiger charge is -2.12. The largest absolute Gasteiger partial charge is 0.455 e. The molecule has 0 radical (unpaired) electrons. The summed E-state index contributed by atoms with van der Waals surface area (Å²) < 4.78 is 9.31. The van der Waals surface area contributed by atoms with Gasteiger partial charge in [-0.25, -0.2) is 9.97 Å². The maximum absolute atomic E-state index is 6.76. The Labute approximate surface area is 292 Å². The molecule has 0 atom stereocenters. The molecule has 0 spiro atoms. The molecule has 0 N–H and O–H groups in total. The fraction of sp³-hybridized carbons (Fsp3) is 0. The van der Waals surface area contributed by atoms with Crippen LogP contribution in [0.2, 0.25) is 0 Å². The molecule has 10 aromatic rings. The van der Waals surface area contributed by atoms with Gasteiger partial charge in [0.1, 0.15) is 11.2 Å². The second-order valence-corrected chi connectivity index (χ2v) is 13.4. The van der Waals surface area contributed by atoms with Crippen LogP contribution < -0.4 is 0 Å². The van der Waals surface area contributed by atoms with Gasteiger partial charge in [0.05, 0.1) is 17.0 Å². The summed E-state index contributed by atoms with van der Waals surface area (Å²) in [5.41, 5.74) is 10.7. The molecule has 0 aliphatic rings. The number of pyridine rings is 1. The average molecular weight is 658 g/mol. The van der Waals surface area contributed by atoms with Crippen LogP contribution in [0.15, 0.2) is 168 Å². The highest BCUT2D eigenvalue weighted by atomic mass is 32.1. The van der Waals surface area contributed by atoms with Gasteiger partial charge < -0.3 is 4.42 Å². The first-order chi connectivity index (χ1) is 24.8. The fourth-order valence-corrected chi connectivity index (χ4v) is 8.29. The van der Waals surface area contributed by atoms with E-state index in [1.54, 1.807) is 0 Å². The van der Waals surface area contributed by atoms with Gasteiger partial charge in [-0.3, -0.25) is 4.98 Å². The lowest BCUT2D eigenvalue weighted by molar-refractivity contribution is 0.669. The van der Waals surface area contributed by atoms with Gasteiger partial charge in [0.25, 0.3) is 0 Å². The number of furan rings is 1. The first-order valence-electron chi connectivity index (χ1n) is 16.6. The van der Waals surface area contributed by atoms with E-state index in [-0.39, 0.29) is 0 Å². The van der Waals surface area contributed by atoms with Crippen LogP contribution in [0.5, 0.6) is 0 Å². The molecule has 0 unspecified atom stereocenters. The average Bonchev–Trinajstić information content (AvgIpc) is 3.77. The van der Waals surface area contributed by atoms with Crippen molar-refractivity contribution in [2.24, 2.45) is 0 Å². The molecular weight excluding hydrogens is 631 g/mol. The molecule has 10 rings (SSSR count).